The van der Waals surface area contributed by atoms with Gasteiger partial charge in [-0.05, 0) is 19.8 Å². The Morgan fingerprint density at radius 2 is 1.21 bits per heavy atom. The molecule has 0 aliphatic heterocycles. The Morgan fingerprint density at radius 1 is 0.857 bits per heavy atom. The van der Waals surface area contributed by atoms with Gasteiger partial charge in [-0.1, -0.05) is 65.9 Å². The van der Waals surface area contributed by atoms with E-state index in [1.807, 2.05) is 13.8 Å². The zero-order chi connectivity index (χ0) is 11.8. The third-order valence-electron chi connectivity index (χ3n) is 1.66. The summed E-state index contributed by atoms with van der Waals surface area (Å²) in [6, 6.07) is 0. The summed E-state index contributed by atoms with van der Waals surface area (Å²) in [5.74, 6) is 0. The summed E-state index contributed by atoms with van der Waals surface area (Å²) >= 11 is 0. The molecule has 0 rings (SSSR count). The third kappa shape index (κ3) is 41.1. The van der Waals surface area contributed by atoms with Crippen molar-refractivity contribution >= 4 is 0 Å². The molecule has 0 heteroatoms. The monoisotopic (exact) mass is 200 g/mol. The van der Waals surface area contributed by atoms with E-state index in [1.165, 1.54) is 44.1 Å². The predicted molar refractivity (Wildman–Crippen MR) is 70.9 cm³/mol. The summed E-state index contributed by atoms with van der Waals surface area (Å²) in [6.45, 7) is 16.5. The van der Waals surface area contributed by atoms with Crippen molar-refractivity contribution in [3.8, 4) is 0 Å². The average molecular weight is 200 g/mol. The maximum absolute atomic E-state index is 3.79. The zero-order valence-corrected chi connectivity index (χ0v) is 11.4. The van der Waals surface area contributed by atoms with Crippen molar-refractivity contribution in [3.63, 3.8) is 0 Å². The molecule has 0 heterocycles. The summed E-state index contributed by atoms with van der Waals surface area (Å²) in [5.41, 5.74) is 1.31. The Bertz CT molecular complexity index is 80.0. The molecule has 0 nitrogen and oxygen atoms in total. The largest absolute Gasteiger partial charge is 0.100 e. The molecule has 0 saturated heterocycles. The molecule has 0 atom stereocenters. The first-order valence-electron chi connectivity index (χ1n) is 6.33. The second-order valence-corrected chi connectivity index (χ2v) is 3.41. The van der Waals surface area contributed by atoms with Gasteiger partial charge in [-0.25, -0.2) is 0 Å². The summed E-state index contributed by atoms with van der Waals surface area (Å²) < 4.78 is 0. The third-order valence-corrected chi connectivity index (χ3v) is 1.66. The second kappa shape index (κ2) is 23.0. The van der Waals surface area contributed by atoms with Crippen LogP contribution in [0, 0.1) is 0 Å². The predicted octanol–water partition coefficient (Wildman–Crippen LogP) is 5.98. The number of unbranched alkanes of at least 4 members (excludes halogenated alkanes) is 3. The van der Waals surface area contributed by atoms with Crippen LogP contribution in [0.4, 0.5) is 0 Å². The Hall–Kier alpha value is -0.260. The van der Waals surface area contributed by atoms with Crippen molar-refractivity contribution in [1.82, 2.24) is 0 Å². The molecule has 0 fully saturated rings. The minimum atomic E-state index is 1.20. The lowest BCUT2D eigenvalue weighted by atomic mass is 10.2. The number of hydrogen-bond acceptors (Lipinski definition) is 0. The Labute approximate surface area is 92.8 Å². The van der Waals surface area contributed by atoms with Gasteiger partial charge in [0.25, 0.3) is 0 Å². The van der Waals surface area contributed by atoms with Gasteiger partial charge in [0.2, 0.25) is 0 Å². The smallest absolute Gasteiger partial charge is 0.0326 e. The van der Waals surface area contributed by atoms with Crippen LogP contribution in [0.15, 0.2) is 12.2 Å². The number of allylic oxidation sites excluding steroid dienone is 1. The van der Waals surface area contributed by atoms with Crippen LogP contribution in [0.5, 0.6) is 0 Å². The number of hydrogen-bond donors (Lipinski definition) is 0. The van der Waals surface area contributed by atoms with Crippen molar-refractivity contribution in [3.05, 3.63) is 12.2 Å². The summed E-state index contributed by atoms with van der Waals surface area (Å²) in [5, 5.41) is 0. The first kappa shape index (κ1) is 19.3. The highest BCUT2D eigenvalue weighted by Crippen LogP contribution is 2.01. The van der Waals surface area contributed by atoms with E-state index in [2.05, 4.69) is 34.3 Å². The molecule has 0 bridgehead atoms. The minimum Gasteiger partial charge on any atom is -0.100 e. The fraction of sp³-hybridized carbons (Fsp3) is 0.857. The summed E-state index contributed by atoms with van der Waals surface area (Å²) in [6.07, 6.45) is 7.87. The van der Waals surface area contributed by atoms with Crippen LogP contribution >= 0.6 is 0 Å². The first-order valence-corrected chi connectivity index (χ1v) is 6.33. The molecule has 0 aliphatic rings. The van der Waals surface area contributed by atoms with Crippen molar-refractivity contribution in [1.29, 1.82) is 0 Å². The van der Waals surface area contributed by atoms with E-state index >= 15 is 0 Å². The van der Waals surface area contributed by atoms with E-state index in [1.54, 1.807) is 0 Å². The lowest BCUT2D eigenvalue weighted by Gasteiger charge is -1.91. The highest BCUT2D eigenvalue weighted by molar-refractivity contribution is 4.86. The van der Waals surface area contributed by atoms with Crippen LogP contribution in [0.1, 0.15) is 80.1 Å². The summed E-state index contributed by atoms with van der Waals surface area (Å²) in [7, 11) is 0. The molecule has 88 valence electrons. The molecular weight excluding hydrogens is 168 g/mol. The van der Waals surface area contributed by atoms with Crippen LogP contribution in [0.2, 0.25) is 0 Å². The Balaban J connectivity index is -0.000000152. The van der Waals surface area contributed by atoms with Crippen LogP contribution < -0.4 is 0 Å². The average Bonchev–Trinajstić information content (AvgIpc) is 2.20. The molecular formula is C14H32. The van der Waals surface area contributed by atoms with Gasteiger partial charge in [0.1, 0.15) is 0 Å². The molecule has 0 aliphatic carbocycles. The van der Waals surface area contributed by atoms with Gasteiger partial charge in [0.05, 0.1) is 0 Å². The molecule has 0 amide bonds. The molecule has 0 spiro atoms. The lowest BCUT2D eigenvalue weighted by Crippen LogP contribution is -1.71. The van der Waals surface area contributed by atoms with E-state index in [-0.39, 0.29) is 0 Å². The minimum absolute atomic E-state index is 1.20. The maximum Gasteiger partial charge on any atom is -0.0326 e. The van der Waals surface area contributed by atoms with Gasteiger partial charge in [-0.3, -0.25) is 0 Å². The van der Waals surface area contributed by atoms with Crippen molar-refractivity contribution in [2.45, 2.75) is 80.1 Å². The van der Waals surface area contributed by atoms with Crippen LogP contribution in [0.25, 0.3) is 0 Å². The highest BCUT2D eigenvalue weighted by atomic mass is 13.9. The van der Waals surface area contributed by atoms with E-state index in [0.29, 0.717) is 0 Å². The normalized spacial score (nSPS) is 7.86. The Morgan fingerprint density at radius 3 is 1.29 bits per heavy atom. The Kier molecular flexibility index (Phi) is 31.7. The van der Waals surface area contributed by atoms with E-state index in [4.69, 9.17) is 0 Å². The standard InChI is InChI=1S/C7H14.C5H12.C2H6/c1-4-5-6-7(2)3;1-3-5-4-2;1-2/h2,4-6H2,1,3H3;3-5H2,1-2H3;1-2H3. The molecule has 0 aromatic carbocycles. The molecule has 0 saturated carbocycles. The molecule has 0 unspecified atom stereocenters. The molecule has 0 aromatic rings. The molecule has 0 aromatic heterocycles. The fourth-order valence-corrected chi connectivity index (χ4v) is 0.832. The van der Waals surface area contributed by atoms with Crippen molar-refractivity contribution in [2.24, 2.45) is 0 Å². The maximum atomic E-state index is 3.79. The van der Waals surface area contributed by atoms with Crippen LogP contribution in [0.3, 0.4) is 0 Å². The van der Waals surface area contributed by atoms with Gasteiger partial charge in [-0.15, -0.1) is 6.58 Å². The molecule has 0 N–H and O–H groups in total. The first-order chi connectivity index (χ1) is 6.68. The van der Waals surface area contributed by atoms with Crippen LogP contribution in [-0.2, 0) is 0 Å². The fourth-order valence-electron chi connectivity index (χ4n) is 0.832. The van der Waals surface area contributed by atoms with Gasteiger partial charge >= 0.3 is 0 Å². The molecule has 14 heavy (non-hydrogen) atoms. The van der Waals surface area contributed by atoms with Crippen LogP contribution in [-0.4, -0.2) is 0 Å². The number of rotatable bonds is 5. The van der Waals surface area contributed by atoms with E-state index in [9.17, 15) is 0 Å². The van der Waals surface area contributed by atoms with E-state index < -0.39 is 0 Å². The van der Waals surface area contributed by atoms with Gasteiger partial charge in [-0.2, -0.15) is 0 Å². The van der Waals surface area contributed by atoms with Crippen molar-refractivity contribution in [2.75, 3.05) is 0 Å². The topological polar surface area (TPSA) is 0 Å². The summed E-state index contributed by atoms with van der Waals surface area (Å²) in [4.78, 5) is 0. The zero-order valence-electron chi connectivity index (χ0n) is 11.4. The highest BCUT2D eigenvalue weighted by Gasteiger charge is 1.81. The van der Waals surface area contributed by atoms with Gasteiger partial charge in [0.15, 0.2) is 0 Å². The van der Waals surface area contributed by atoms with E-state index in [0.717, 1.165) is 0 Å². The molecule has 0 radical (unpaired) electrons. The lowest BCUT2D eigenvalue weighted by molar-refractivity contribution is 0.772. The quantitative estimate of drug-likeness (QED) is 0.479. The SMILES string of the molecule is C=C(C)CCCC.CC.CCCCC. The van der Waals surface area contributed by atoms with Gasteiger partial charge < -0.3 is 0 Å². The van der Waals surface area contributed by atoms with Gasteiger partial charge in [0, 0.05) is 0 Å². The second-order valence-electron chi connectivity index (χ2n) is 3.41. The van der Waals surface area contributed by atoms with Crippen molar-refractivity contribution < 1.29 is 0 Å².